The van der Waals surface area contributed by atoms with Crippen molar-refractivity contribution in [1.82, 2.24) is 14.2 Å². The van der Waals surface area contributed by atoms with Crippen LogP contribution in [0.4, 0.5) is 13.2 Å². The molecule has 0 aliphatic carbocycles. The molecule has 0 amide bonds. The zero-order chi connectivity index (χ0) is 20.4. The van der Waals surface area contributed by atoms with Gasteiger partial charge in [-0.05, 0) is 38.8 Å². The van der Waals surface area contributed by atoms with E-state index in [0.717, 1.165) is 51.2 Å². The number of rotatable bonds is 4. The Morgan fingerprint density at radius 1 is 1.21 bits per heavy atom. The maximum Gasteiger partial charge on any atom is 0.433 e. The van der Waals surface area contributed by atoms with Gasteiger partial charge in [0, 0.05) is 44.7 Å². The van der Waals surface area contributed by atoms with Crippen molar-refractivity contribution < 1.29 is 26.3 Å². The van der Waals surface area contributed by atoms with E-state index in [1.165, 1.54) is 11.2 Å². The standard InChI is InChI=1S/C18H24F3N3O3S/c1-13-14(4-5-15(22-13)18(19,20)21)28(25,26)24-11-17(12-24)9-23(10-17)8-16(2)6-3-7-27-16/h4-5H,3,6-12H2,1-2H3. The predicted molar refractivity (Wildman–Crippen MR) is 95.2 cm³/mol. The summed E-state index contributed by atoms with van der Waals surface area (Å²) < 4.78 is 71.0. The predicted octanol–water partition coefficient (Wildman–Crippen LogP) is 2.28. The third kappa shape index (κ3) is 3.44. The highest BCUT2D eigenvalue weighted by atomic mass is 32.2. The molecular formula is C18H24F3N3O3S. The van der Waals surface area contributed by atoms with Crippen LogP contribution in [0.15, 0.2) is 17.0 Å². The minimum Gasteiger partial charge on any atom is -0.374 e. The number of alkyl halides is 3. The molecule has 3 aliphatic rings. The van der Waals surface area contributed by atoms with Crippen LogP contribution in [0.25, 0.3) is 0 Å². The lowest BCUT2D eigenvalue weighted by molar-refractivity contribution is -0.141. The van der Waals surface area contributed by atoms with Crippen molar-refractivity contribution in [2.75, 3.05) is 39.3 Å². The molecule has 3 saturated heterocycles. The van der Waals surface area contributed by atoms with Crippen LogP contribution in [0.3, 0.4) is 0 Å². The molecule has 3 fully saturated rings. The Hall–Kier alpha value is -1.23. The lowest BCUT2D eigenvalue weighted by atomic mass is 9.74. The van der Waals surface area contributed by atoms with Gasteiger partial charge in [-0.1, -0.05) is 0 Å². The summed E-state index contributed by atoms with van der Waals surface area (Å²) in [6.45, 7) is 7.48. The zero-order valence-corrected chi connectivity index (χ0v) is 16.7. The molecule has 0 aromatic carbocycles. The van der Waals surface area contributed by atoms with Gasteiger partial charge >= 0.3 is 6.18 Å². The molecule has 6 nitrogen and oxygen atoms in total. The molecule has 1 spiro atoms. The summed E-state index contributed by atoms with van der Waals surface area (Å²) >= 11 is 0. The van der Waals surface area contributed by atoms with E-state index >= 15 is 0 Å². The van der Waals surface area contributed by atoms with Crippen molar-refractivity contribution in [3.05, 3.63) is 23.5 Å². The first-order valence-electron chi connectivity index (χ1n) is 9.34. The van der Waals surface area contributed by atoms with Gasteiger partial charge < -0.3 is 4.74 Å². The van der Waals surface area contributed by atoms with Gasteiger partial charge in [-0.2, -0.15) is 17.5 Å². The average molecular weight is 419 g/mol. The highest BCUT2D eigenvalue weighted by molar-refractivity contribution is 7.89. The van der Waals surface area contributed by atoms with Crippen LogP contribution in [0.2, 0.25) is 0 Å². The van der Waals surface area contributed by atoms with E-state index in [4.69, 9.17) is 4.74 Å². The third-order valence-corrected chi connectivity index (χ3v) is 7.87. The molecule has 0 saturated carbocycles. The van der Waals surface area contributed by atoms with Gasteiger partial charge in [0.2, 0.25) is 10.0 Å². The summed E-state index contributed by atoms with van der Waals surface area (Å²) in [5.74, 6) is 0. The van der Waals surface area contributed by atoms with Crippen molar-refractivity contribution in [3.63, 3.8) is 0 Å². The van der Waals surface area contributed by atoms with E-state index in [9.17, 15) is 21.6 Å². The largest absolute Gasteiger partial charge is 0.433 e. The van der Waals surface area contributed by atoms with Gasteiger partial charge in [-0.3, -0.25) is 4.90 Å². The summed E-state index contributed by atoms with van der Waals surface area (Å²) in [6, 6.07) is 1.74. The average Bonchev–Trinajstić information content (AvgIpc) is 2.93. The number of aryl methyl sites for hydroxylation is 1. The minimum atomic E-state index is -4.59. The first kappa shape index (κ1) is 20.1. The highest BCUT2D eigenvalue weighted by Crippen LogP contribution is 2.44. The first-order valence-corrected chi connectivity index (χ1v) is 10.8. The molecule has 0 radical (unpaired) electrons. The fraction of sp³-hybridized carbons (Fsp3) is 0.722. The summed E-state index contributed by atoms with van der Waals surface area (Å²) in [4.78, 5) is 5.58. The normalized spacial score (nSPS) is 28.3. The van der Waals surface area contributed by atoms with Crippen molar-refractivity contribution in [2.24, 2.45) is 5.41 Å². The monoisotopic (exact) mass is 419 g/mol. The summed E-state index contributed by atoms with van der Waals surface area (Å²) in [5, 5.41) is 0. The van der Waals surface area contributed by atoms with Crippen LogP contribution in [0.5, 0.6) is 0 Å². The second kappa shape index (κ2) is 6.38. The Bertz CT molecular complexity index is 868. The topological polar surface area (TPSA) is 62.7 Å². The third-order valence-electron chi connectivity index (χ3n) is 5.95. The maximum atomic E-state index is 12.8. The Kier molecular flexibility index (Phi) is 4.57. The molecule has 28 heavy (non-hydrogen) atoms. The van der Waals surface area contributed by atoms with E-state index in [1.807, 2.05) is 0 Å². The van der Waals surface area contributed by atoms with Gasteiger partial charge in [-0.15, -0.1) is 0 Å². The van der Waals surface area contributed by atoms with Crippen LogP contribution in [0, 0.1) is 12.3 Å². The molecule has 1 atom stereocenters. The van der Waals surface area contributed by atoms with Crippen molar-refractivity contribution in [1.29, 1.82) is 0 Å². The van der Waals surface area contributed by atoms with Gasteiger partial charge in [0.15, 0.2) is 0 Å². The van der Waals surface area contributed by atoms with Crippen LogP contribution >= 0.6 is 0 Å². The molecule has 4 rings (SSSR count). The summed E-state index contributed by atoms with van der Waals surface area (Å²) in [7, 11) is -3.83. The van der Waals surface area contributed by atoms with Crippen LogP contribution in [-0.4, -0.2) is 67.5 Å². The van der Waals surface area contributed by atoms with E-state index < -0.39 is 21.9 Å². The number of hydrogen-bond acceptors (Lipinski definition) is 5. The number of aromatic nitrogens is 1. The van der Waals surface area contributed by atoms with Crippen LogP contribution in [0.1, 0.15) is 31.2 Å². The SMILES string of the molecule is Cc1nc(C(F)(F)F)ccc1S(=O)(=O)N1CC2(CN(CC3(C)CCCO3)C2)C1. The molecule has 3 aliphatic heterocycles. The van der Waals surface area contributed by atoms with Gasteiger partial charge in [0.1, 0.15) is 10.6 Å². The lowest BCUT2D eigenvalue weighted by Gasteiger charge is -2.60. The molecule has 1 unspecified atom stereocenters. The van der Waals surface area contributed by atoms with Crippen molar-refractivity contribution in [2.45, 2.75) is 43.4 Å². The van der Waals surface area contributed by atoms with Crippen LogP contribution in [-0.2, 0) is 20.9 Å². The number of nitrogens with zero attached hydrogens (tertiary/aromatic N) is 3. The van der Waals surface area contributed by atoms with Crippen molar-refractivity contribution >= 4 is 10.0 Å². The second-order valence-electron chi connectivity index (χ2n) is 8.60. The Labute approximate surface area is 162 Å². The lowest BCUT2D eigenvalue weighted by Crippen LogP contribution is -2.73. The number of sulfonamides is 1. The smallest absolute Gasteiger partial charge is 0.374 e. The summed E-state index contributed by atoms with van der Waals surface area (Å²) in [6.07, 6.45) is -2.48. The zero-order valence-electron chi connectivity index (χ0n) is 15.9. The Morgan fingerprint density at radius 3 is 2.43 bits per heavy atom. The number of hydrogen-bond donors (Lipinski definition) is 0. The molecule has 4 heterocycles. The van der Waals surface area contributed by atoms with E-state index in [1.54, 1.807) is 0 Å². The van der Waals surface area contributed by atoms with Crippen LogP contribution < -0.4 is 0 Å². The molecule has 156 valence electrons. The number of ether oxygens (including phenoxy) is 1. The fourth-order valence-electron chi connectivity index (χ4n) is 4.64. The van der Waals surface area contributed by atoms with Gasteiger partial charge in [0.25, 0.3) is 0 Å². The molecule has 1 aromatic rings. The fourth-order valence-corrected chi connectivity index (χ4v) is 6.46. The quantitative estimate of drug-likeness (QED) is 0.749. The van der Waals surface area contributed by atoms with Crippen molar-refractivity contribution in [3.8, 4) is 0 Å². The maximum absolute atomic E-state index is 12.8. The molecule has 10 heteroatoms. The Balaban J connectivity index is 1.38. The van der Waals surface area contributed by atoms with E-state index in [-0.39, 0.29) is 21.6 Å². The molecule has 1 aromatic heterocycles. The Morgan fingerprint density at radius 2 is 1.89 bits per heavy atom. The van der Waals surface area contributed by atoms with E-state index in [2.05, 4.69) is 16.8 Å². The highest BCUT2D eigenvalue weighted by Gasteiger charge is 2.56. The first-order chi connectivity index (χ1) is 12.9. The molecule has 0 bridgehead atoms. The molecule has 0 N–H and O–H groups in total. The number of pyridine rings is 1. The number of halogens is 3. The van der Waals surface area contributed by atoms with Gasteiger partial charge in [0.05, 0.1) is 11.3 Å². The van der Waals surface area contributed by atoms with E-state index in [0.29, 0.717) is 13.1 Å². The van der Waals surface area contributed by atoms with Gasteiger partial charge in [-0.25, -0.2) is 13.4 Å². The second-order valence-corrected chi connectivity index (χ2v) is 10.5. The molecular weight excluding hydrogens is 395 g/mol. The summed E-state index contributed by atoms with van der Waals surface area (Å²) in [5.41, 5.74) is -1.37. The minimum absolute atomic E-state index is 0.0464. The number of likely N-dealkylation sites (tertiary alicyclic amines) is 1.